The fraction of sp³-hybridized carbons (Fsp3) is 0.0769. The zero-order chi connectivity index (χ0) is 15.0. The van der Waals surface area contributed by atoms with Gasteiger partial charge in [0, 0.05) is 6.20 Å². The molecule has 0 saturated heterocycles. The number of nitrogens with one attached hydrogen (secondary N) is 1. The number of nitrogens with zero attached hydrogens (tertiary/aromatic N) is 3. The number of sulfonamides is 1. The number of hydrogen-bond acceptors (Lipinski definition) is 4. The average molecular weight is 306 g/mol. The van der Waals surface area contributed by atoms with Gasteiger partial charge in [0.05, 0.1) is 5.69 Å². The summed E-state index contributed by atoms with van der Waals surface area (Å²) in [6.07, 6.45) is 2.79. The van der Waals surface area contributed by atoms with Crippen molar-refractivity contribution in [1.29, 1.82) is 0 Å². The average Bonchev–Trinajstić information content (AvgIpc) is 2.90. The highest BCUT2D eigenvalue weighted by atomic mass is 32.2. The Bertz CT molecular complexity index is 921. The van der Waals surface area contributed by atoms with Gasteiger partial charge in [-0.05, 0) is 36.8 Å². The van der Waals surface area contributed by atoms with Gasteiger partial charge in [0.1, 0.15) is 17.0 Å². The van der Waals surface area contributed by atoms with E-state index in [-0.39, 0.29) is 10.6 Å². The van der Waals surface area contributed by atoms with Crippen molar-refractivity contribution in [3.8, 4) is 0 Å². The van der Waals surface area contributed by atoms with Gasteiger partial charge in [0.2, 0.25) is 0 Å². The molecule has 0 aliphatic carbocycles. The quantitative estimate of drug-likeness (QED) is 0.802. The lowest BCUT2D eigenvalue weighted by Crippen LogP contribution is -2.13. The number of aryl methyl sites for hydroxylation is 1. The second-order valence-corrected chi connectivity index (χ2v) is 6.21. The van der Waals surface area contributed by atoms with Crippen LogP contribution in [0.4, 0.5) is 10.1 Å². The second-order valence-electron chi connectivity index (χ2n) is 4.53. The van der Waals surface area contributed by atoms with Gasteiger partial charge in [0.25, 0.3) is 10.0 Å². The molecule has 0 saturated carbocycles. The Morgan fingerprint density at radius 2 is 2.05 bits per heavy atom. The number of pyridine rings is 1. The smallest absolute Gasteiger partial charge is 0.263 e. The molecule has 0 spiro atoms. The third-order valence-electron chi connectivity index (χ3n) is 3.00. The molecule has 2 aromatic heterocycles. The Balaban J connectivity index is 1.97. The third-order valence-corrected chi connectivity index (χ3v) is 4.36. The lowest BCUT2D eigenvalue weighted by Gasteiger charge is -2.09. The molecule has 3 aromatic rings. The maximum Gasteiger partial charge on any atom is 0.263 e. The molecule has 108 valence electrons. The summed E-state index contributed by atoms with van der Waals surface area (Å²) in [7, 11) is -3.81. The summed E-state index contributed by atoms with van der Waals surface area (Å²) in [5, 5.41) is 7.47. The second kappa shape index (κ2) is 4.81. The molecule has 0 bridgehead atoms. The minimum atomic E-state index is -3.81. The minimum Gasteiger partial charge on any atom is -0.288 e. The maximum atomic E-state index is 13.5. The van der Waals surface area contributed by atoms with E-state index in [4.69, 9.17) is 0 Å². The Labute approximate surface area is 120 Å². The highest BCUT2D eigenvalue weighted by molar-refractivity contribution is 7.92. The molecule has 0 aliphatic heterocycles. The molecule has 6 nitrogen and oxygen atoms in total. The molecule has 0 atom stereocenters. The van der Waals surface area contributed by atoms with Crippen LogP contribution in [0.3, 0.4) is 0 Å². The summed E-state index contributed by atoms with van der Waals surface area (Å²) in [4.78, 5) is 0.0378. The van der Waals surface area contributed by atoms with E-state index in [0.29, 0.717) is 11.2 Å². The van der Waals surface area contributed by atoms with Gasteiger partial charge in [-0.1, -0.05) is 6.07 Å². The zero-order valence-corrected chi connectivity index (χ0v) is 11.8. The van der Waals surface area contributed by atoms with Crippen LogP contribution in [0.1, 0.15) is 5.56 Å². The lowest BCUT2D eigenvalue weighted by atomic mass is 10.2. The molecule has 8 heteroatoms. The highest BCUT2D eigenvalue weighted by Crippen LogP contribution is 2.18. The first kappa shape index (κ1) is 13.5. The first-order valence-corrected chi connectivity index (χ1v) is 7.52. The summed E-state index contributed by atoms with van der Waals surface area (Å²) < 4.78 is 41.8. The molecule has 0 unspecified atom stereocenters. The van der Waals surface area contributed by atoms with E-state index >= 15 is 0 Å². The Morgan fingerprint density at radius 1 is 1.24 bits per heavy atom. The van der Waals surface area contributed by atoms with E-state index in [1.807, 2.05) is 0 Å². The van der Waals surface area contributed by atoms with Crippen molar-refractivity contribution in [2.45, 2.75) is 11.8 Å². The number of hydrogen-bond donors (Lipinski definition) is 1. The molecule has 0 radical (unpaired) electrons. The molecule has 2 heterocycles. The van der Waals surface area contributed by atoms with Gasteiger partial charge in [-0.3, -0.25) is 9.12 Å². The molecular weight excluding hydrogens is 295 g/mol. The molecule has 0 aliphatic rings. The van der Waals surface area contributed by atoms with Crippen LogP contribution in [0, 0.1) is 12.7 Å². The molecule has 1 N–H and O–H groups in total. The fourth-order valence-corrected chi connectivity index (χ4v) is 2.89. The van der Waals surface area contributed by atoms with E-state index in [1.54, 1.807) is 6.92 Å². The zero-order valence-electron chi connectivity index (χ0n) is 11.0. The molecule has 0 amide bonds. The normalized spacial score (nSPS) is 11.7. The van der Waals surface area contributed by atoms with E-state index in [9.17, 15) is 12.8 Å². The number of rotatable bonds is 3. The topological polar surface area (TPSA) is 76.4 Å². The third kappa shape index (κ3) is 2.57. The lowest BCUT2D eigenvalue weighted by molar-refractivity contribution is 0.600. The Morgan fingerprint density at radius 3 is 2.81 bits per heavy atom. The van der Waals surface area contributed by atoms with E-state index in [1.165, 1.54) is 41.2 Å². The maximum absolute atomic E-state index is 13.5. The first-order chi connectivity index (χ1) is 9.95. The predicted octanol–water partition coefficient (Wildman–Crippen LogP) is 1.98. The summed E-state index contributed by atoms with van der Waals surface area (Å²) in [5.74, 6) is -0.468. The van der Waals surface area contributed by atoms with Gasteiger partial charge in [-0.2, -0.15) is 0 Å². The number of anilines is 1. The van der Waals surface area contributed by atoms with Crippen LogP contribution in [0.25, 0.3) is 5.65 Å². The molecule has 21 heavy (non-hydrogen) atoms. The summed E-state index contributed by atoms with van der Waals surface area (Å²) >= 11 is 0. The summed E-state index contributed by atoms with van der Waals surface area (Å²) in [6, 6.07) is 7.11. The molecule has 0 fully saturated rings. The van der Waals surface area contributed by atoms with Gasteiger partial charge in [-0.15, -0.1) is 10.2 Å². The highest BCUT2D eigenvalue weighted by Gasteiger charge is 2.15. The van der Waals surface area contributed by atoms with Crippen LogP contribution in [0.5, 0.6) is 0 Å². The largest absolute Gasteiger partial charge is 0.288 e. The number of benzene rings is 1. The van der Waals surface area contributed by atoms with Gasteiger partial charge >= 0.3 is 0 Å². The van der Waals surface area contributed by atoms with Crippen LogP contribution in [0.15, 0.2) is 47.8 Å². The van der Waals surface area contributed by atoms with Crippen molar-refractivity contribution in [2.24, 2.45) is 0 Å². The van der Waals surface area contributed by atoms with Crippen LogP contribution in [-0.4, -0.2) is 23.0 Å². The predicted molar refractivity (Wildman–Crippen MR) is 74.9 cm³/mol. The number of aromatic nitrogens is 3. The summed E-state index contributed by atoms with van der Waals surface area (Å²) in [6.45, 7) is 1.60. The van der Waals surface area contributed by atoms with Gasteiger partial charge in [-0.25, -0.2) is 12.8 Å². The van der Waals surface area contributed by atoms with Crippen molar-refractivity contribution in [3.05, 3.63) is 54.2 Å². The van der Waals surface area contributed by atoms with Gasteiger partial charge < -0.3 is 0 Å². The Kier molecular flexibility index (Phi) is 3.09. The molecular formula is C13H11FN4O2S. The van der Waals surface area contributed by atoms with Crippen LogP contribution in [0.2, 0.25) is 0 Å². The van der Waals surface area contributed by atoms with Crippen molar-refractivity contribution in [1.82, 2.24) is 14.6 Å². The monoisotopic (exact) mass is 306 g/mol. The SMILES string of the molecule is Cc1ccc(NS(=O)(=O)c2ccc3nncn3c2)cc1F. The van der Waals surface area contributed by atoms with Crippen molar-refractivity contribution in [3.63, 3.8) is 0 Å². The van der Waals surface area contributed by atoms with E-state index < -0.39 is 15.8 Å². The standard InChI is InChI=1S/C13H11FN4O2S/c1-9-2-3-10(6-12(9)14)17-21(19,20)11-4-5-13-16-15-8-18(13)7-11/h2-8,17H,1H3. The van der Waals surface area contributed by atoms with E-state index in [2.05, 4.69) is 14.9 Å². The molecule has 1 aromatic carbocycles. The van der Waals surface area contributed by atoms with Crippen molar-refractivity contribution in [2.75, 3.05) is 4.72 Å². The number of halogens is 1. The summed E-state index contributed by atoms with van der Waals surface area (Å²) in [5.41, 5.74) is 1.15. The van der Waals surface area contributed by atoms with Crippen LogP contribution in [-0.2, 0) is 10.0 Å². The fourth-order valence-electron chi connectivity index (χ4n) is 1.84. The Hall–Kier alpha value is -2.48. The first-order valence-electron chi connectivity index (χ1n) is 6.04. The van der Waals surface area contributed by atoms with Crippen molar-refractivity contribution >= 4 is 21.4 Å². The minimum absolute atomic E-state index is 0.0378. The van der Waals surface area contributed by atoms with Gasteiger partial charge in [0.15, 0.2) is 5.65 Å². The van der Waals surface area contributed by atoms with E-state index in [0.717, 1.165) is 6.07 Å². The number of fused-ring (bicyclic) bond motifs is 1. The van der Waals surface area contributed by atoms with Crippen molar-refractivity contribution < 1.29 is 12.8 Å². The van der Waals surface area contributed by atoms with Crippen LogP contribution >= 0.6 is 0 Å². The van der Waals surface area contributed by atoms with Crippen LogP contribution < -0.4 is 4.72 Å². The molecule has 3 rings (SSSR count).